The number of benzene rings is 2. The second kappa shape index (κ2) is 8.43. The van der Waals surface area contributed by atoms with Crippen LogP contribution in [0.4, 0.5) is 11.5 Å². The lowest BCUT2D eigenvalue weighted by Crippen LogP contribution is -2.28. The molecule has 0 bridgehead atoms. The summed E-state index contributed by atoms with van der Waals surface area (Å²) in [6.45, 7) is 1.96. The van der Waals surface area contributed by atoms with Crippen molar-refractivity contribution in [2.75, 3.05) is 4.90 Å². The first kappa shape index (κ1) is 19.1. The minimum atomic E-state index is -0.127. The van der Waals surface area contributed by atoms with Gasteiger partial charge in [-0.1, -0.05) is 48.5 Å². The van der Waals surface area contributed by atoms with Crippen LogP contribution >= 0.6 is 11.8 Å². The molecule has 0 saturated carbocycles. The number of aromatic nitrogens is 1. The summed E-state index contributed by atoms with van der Waals surface area (Å²) in [5.74, 6) is 0.429. The average Bonchev–Trinajstić information content (AvgIpc) is 3.05. The summed E-state index contributed by atoms with van der Waals surface area (Å²) in [6, 6.07) is 20.7. The first-order chi connectivity index (χ1) is 14.1. The zero-order valence-electron chi connectivity index (χ0n) is 15.8. The maximum Gasteiger partial charge on any atom is 0.271 e. The number of aliphatic hydroxyl groups excluding tert-OH is 1. The van der Waals surface area contributed by atoms with Crippen molar-refractivity contribution >= 4 is 40.4 Å². The van der Waals surface area contributed by atoms with E-state index >= 15 is 0 Å². The molecule has 0 aliphatic carbocycles. The number of amidine groups is 1. The molecule has 1 N–H and O–H groups in total. The molecule has 1 aromatic heterocycles. The molecule has 0 unspecified atom stereocenters. The maximum atomic E-state index is 13.2. The SMILES string of the molecule is Cc1ccc(N=C2SC(=Cc3ccc(CO)cc3)C(=O)N2c2ccccc2)nc1. The van der Waals surface area contributed by atoms with E-state index in [0.29, 0.717) is 15.9 Å². The number of thioether (sulfide) groups is 1. The summed E-state index contributed by atoms with van der Waals surface area (Å²) < 4.78 is 0. The Labute approximate surface area is 173 Å². The number of aliphatic hydroxyl groups is 1. The Hall–Kier alpha value is -3.22. The smallest absolute Gasteiger partial charge is 0.271 e. The van der Waals surface area contributed by atoms with Crippen molar-refractivity contribution in [3.63, 3.8) is 0 Å². The number of pyridine rings is 1. The fourth-order valence-corrected chi connectivity index (χ4v) is 3.84. The number of amides is 1. The third-order valence-electron chi connectivity index (χ3n) is 4.39. The number of aryl methyl sites for hydroxylation is 1. The largest absolute Gasteiger partial charge is 0.392 e. The Bertz CT molecular complexity index is 1080. The summed E-state index contributed by atoms with van der Waals surface area (Å²) in [6.07, 6.45) is 3.60. The number of anilines is 1. The zero-order chi connectivity index (χ0) is 20.2. The predicted octanol–water partition coefficient (Wildman–Crippen LogP) is 4.69. The van der Waals surface area contributed by atoms with Gasteiger partial charge in [0.1, 0.15) is 0 Å². The van der Waals surface area contributed by atoms with Crippen molar-refractivity contribution in [1.29, 1.82) is 0 Å². The number of hydrogen-bond donors (Lipinski definition) is 1. The number of hydrogen-bond acceptors (Lipinski definition) is 5. The van der Waals surface area contributed by atoms with Crippen molar-refractivity contribution in [2.24, 2.45) is 4.99 Å². The highest BCUT2D eigenvalue weighted by Crippen LogP contribution is 2.37. The Balaban J connectivity index is 1.73. The Kier molecular flexibility index (Phi) is 5.55. The summed E-state index contributed by atoms with van der Waals surface area (Å²) >= 11 is 1.32. The molecule has 6 heteroatoms. The summed E-state index contributed by atoms with van der Waals surface area (Å²) in [4.78, 5) is 24.3. The van der Waals surface area contributed by atoms with E-state index in [4.69, 9.17) is 0 Å². The average molecular weight is 401 g/mol. The van der Waals surface area contributed by atoms with Crippen LogP contribution in [0, 0.1) is 6.92 Å². The van der Waals surface area contributed by atoms with Crippen LogP contribution in [0.5, 0.6) is 0 Å². The van der Waals surface area contributed by atoms with Gasteiger partial charge in [0.25, 0.3) is 5.91 Å². The zero-order valence-corrected chi connectivity index (χ0v) is 16.6. The topological polar surface area (TPSA) is 65.8 Å². The number of carbonyl (C=O) groups excluding carboxylic acids is 1. The molecule has 4 rings (SSSR count). The van der Waals surface area contributed by atoms with Crippen molar-refractivity contribution in [2.45, 2.75) is 13.5 Å². The van der Waals surface area contributed by atoms with Gasteiger partial charge in [-0.2, -0.15) is 0 Å². The van der Waals surface area contributed by atoms with E-state index in [9.17, 15) is 9.90 Å². The van der Waals surface area contributed by atoms with E-state index in [2.05, 4.69) is 9.98 Å². The van der Waals surface area contributed by atoms with Gasteiger partial charge in [0.2, 0.25) is 0 Å². The fourth-order valence-electron chi connectivity index (χ4n) is 2.85. The normalized spacial score (nSPS) is 16.8. The first-order valence-corrected chi connectivity index (χ1v) is 9.96. The molecule has 1 amide bonds. The number of carbonyl (C=O) groups is 1. The number of rotatable bonds is 4. The molecular formula is C23H19N3O2S. The van der Waals surface area contributed by atoms with Crippen molar-refractivity contribution in [1.82, 2.24) is 4.98 Å². The van der Waals surface area contributed by atoms with Crippen LogP contribution in [0.2, 0.25) is 0 Å². The van der Waals surface area contributed by atoms with Crippen LogP contribution in [-0.2, 0) is 11.4 Å². The number of nitrogens with zero attached hydrogens (tertiary/aromatic N) is 3. The van der Waals surface area contributed by atoms with Crippen LogP contribution in [-0.4, -0.2) is 21.2 Å². The molecule has 0 radical (unpaired) electrons. The third-order valence-corrected chi connectivity index (χ3v) is 5.36. The third kappa shape index (κ3) is 4.29. The predicted molar refractivity (Wildman–Crippen MR) is 118 cm³/mol. The van der Waals surface area contributed by atoms with Crippen LogP contribution < -0.4 is 4.90 Å². The molecule has 2 aromatic carbocycles. The molecule has 0 atom stereocenters. The van der Waals surface area contributed by atoms with E-state index < -0.39 is 0 Å². The second-order valence-corrected chi connectivity index (χ2v) is 7.58. The van der Waals surface area contributed by atoms with Crippen molar-refractivity contribution in [3.8, 4) is 0 Å². The van der Waals surface area contributed by atoms with Gasteiger partial charge < -0.3 is 5.11 Å². The molecular weight excluding hydrogens is 382 g/mol. The minimum absolute atomic E-state index is 0.00727. The highest BCUT2D eigenvalue weighted by Gasteiger charge is 2.34. The van der Waals surface area contributed by atoms with Crippen LogP contribution in [0.3, 0.4) is 0 Å². The fraction of sp³-hybridized carbons (Fsp3) is 0.0870. The Morgan fingerprint density at radius 2 is 1.83 bits per heavy atom. The molecule has 2 heterocycles. The molecule has 1 aliphatic rings. The number of aliphatic imine (C=N–C) groups is 1. The van der Waals surface area contributed by atoms with E-state index in [1.165, 1.54) is 11.8 Å². The maximum absolute atomic E-state index is 13.2. The van der Waals surface area contributed by atoms with Crippen molar-refractivity contribution in [3.05, 3.63) is 94.5 Å². The van der Waals surface area contributed by atoms with E-state index in [0.717, 1.165) is 22.4 Å². The van der Waals surface area contributed by atoms with Gasteiger partial charge in [-0.3, -0.25) is 9.69 Å². The van der Waals surface area contributed by atoms with Gasteiger partial charge >= 0.3 is 0 Å². The molecule has 3 aromatic rings. The van der Waals surface area contributed by atoms with Gasteiger partial charge in [-0.05, 0) is 59.7 Å². The van der Waals surface area contributed by atoms with Crippen LogP contribution in [0.1, 0.15) is 16.7 Å². The van der Waals surface area contributed by atoms with Crippen LogP contribution in [0.25, 0.3) is 6.08 Å². The standard InChI is InChI=1S/C23H19N3O2S/c1-16-7-12-21(24-14-16)25-23-26(19-5-3-2-4-6-19)22(28)20(29-23)13-17-8-10-18(15-27)11-9-17/h2-14,27H,15H2,1H3. The lowest BCUT2D eigenvalue weighted by molar-refractivity contribution is -0.113. The van der Waals surface area contributed by atoms with E-state index in [1.807, 2.05) is 79.7 Å². The molecule has 1 saturated heterocycles. The first-order valence-electron chi connectivity index (χ1n) is 9.14. The lowest BCUT2D eigenvalue weighted by atomic mass is 10.1. The molecule has 29 heavy (non-hydrogen) atoms. The molecule has 144 valence electrons. The van der Waals surface area contributed by atoms with Crippen molar-refractivity contribution < 1.29 is 9.90 Å². The summed E-state index contributed by atoms with van der Waals surface area (Å²) in [5.41, 5.74) is 3.53. The van der Waals surface area contributed by atoms with Gasteiger partial charge in [0, 0.05) is 6.20 Å². The number of para-hydroxylation sites is 1. The van der Waals surface area contributed by atoms with Gasteiger partial charge in [-0.25, -0.2) is 9.98 Å². The van der Waals surface area contributed by atoms with E-state index in [-0.39, 0.29) is 12.5 Å². The summed E-state index contributed by atoms with van der Waals surface area (Å²) in [5, 5.41) is 9.77. The Morgan fingerprint density at radius 3 is 2.48 bits per heavy atom. The lowest BCUT2D eigenvalue weighted by Gasteiger charge is -2.15. The van der Waals surface area contributed by atoms with E-state index in [1.54, 1.807) is 11.1 Å². The molecule has 5 nitrogen and oxygen atoms in total. The summed E-state index contributed by atoms with van der Waals surface area (Å²) in [7, 11) is 0. The monoisotopic (exact) mass is 401 g/mol. The molecule has 0 spiro atoms. The minimum Gasteiger partial charge on any atom is -0.392 e. The highest BCUT2D eigenvalue weighted by atomic mass is 32.2. The van der Waals surface area contributed by atoms with Gasteiger partial charge in [0.05, 0.1) is 17.2 Å². The van der Waals surface area contributed by atoms with Gasteiger partial charge in [0.15, 0.2) is 11.0 Å². The molecule has 1 aliphatic heterocycles. The Morgan fingerprint density at radius 1 is 1.07 bits per heavy atom. The van der Waals surface area contributed by atoms with Crippen LogP contribution in [0.15, 0.2) is 82.8 Å². The quantitative estimate of drug-likeness (QED) is 0.644. The molecule has 1 fully saturated rings. The highest BCUT2D eigenvalue weighted by molar-refractivity contribution is 8.19. The second-order valence-electron chi connectivity index (χ2n) is 6.57. The van der Waals surface area contributed by atoms with Gasteiger partial charge in [-0.15, -0.1) is 0 Å².